The maximum absolute atomic E-state index is 12.8. The van der Waals surface area contributed by atoms with Crippen LogP contribution in [0.15, 0.2) is 24.3 Å². The maximum Gasteiger partial charge on any atom is 0.410 e. The third kappa shape index (κ3) is 5.80. The van der Waals surface area contributed by atoms with Gasteiger partial charge in [-0.1, -0.05) is 18.2 Å². The molecule has 0 bridgehead atoms. The predicted octanol–water partition coefficient (Wildman–Crippen LogP) is 2.19. The summed E-state index contributed by atoms with van der Waals surface area (Å²) in [5.41, 5.74) is 0.647. The molecule has 0 aromatic heterocycles. The number of methoxy groups -OCH3 is 1. The maximum atomic E-state index is 12.8. The SMILES string of the molecule is COC(=O)[Si@@H](N)CCC(=O)N1CCN(C(=O)OC(C)(C)C)Cc2ccccc21. The summed E-state index contributed by atoms with van der Waals surface area (Å²) in [4.78, 5) is 40.1. The molecule has 0 aliphatic carbocycles. The van der Waals surface area contributed by atoms with Crippen LogP contribution in [-0.2, 0) is 20.8 Å². The number of fused-ring (bicyclic) bond motifs is 1. The van der Waals surface area contributed by atoms with Crippen molar-refractivity contribution in [1.82, 2.24) is 4.90 Å². The van der Waals surface area contributed by atoms with Crippen molar-refractivity contribution in [3.63, 3.8) is 0 Å². The lowest BCUT2D eigenvalue weighted by Gasteiger charge is -2.26. The second-order valence-electron chi connectivity index (χ2n) is 7.74. The van der Waals surface area contributed by atoms with Crippen molar-refractivity contribution >= 4 is 32.2 Å². The molecule has 0 radical (unpaired) electrons. The minimum absolute atomic E-state index is 0.120. The number of carbonyl (C=O) groups is 3. The fraction of sp³-hybridized carbons (Fsp3) is 0.526. The normalized spacial score (nSPS) is 15.3. The number of nitrogens with two attached hydrogens (primary N) is 1. The summed E-state index contributed by atoms with van der Waals surface area (Å²) >= 11 is 0. The van der Waals surface area contributed by atoms with E-state index < -0.39 is 26.2 Å². The van der Waals surface area contributed by atoms with Crippen molar-refractivity contribution < 1.29 is 23.9 Å². The van der Waals surface area contributed by atoms with Crippen molar-refractivity contribution in [2.45, 2.75) is 45.4 Å². The van der Waals surface area contributed by atoms with Gasteiger partial charge < -0.3 is 24.7 Å². The van der Waals surface area contributed by atoms with Crippen LogP contribution in [0.4, 0.5) is 15.3 Å². The van der Waals surface area contributed by atoms with Gasteiger partial charge in [-0.3, -0.25) is 9.59 Å². The first-order valence-electron chi connectivity index (χ1n) is 9.32. The van der Waals surface area contributed by atoms with Crippen LogP contribution in [0.2, 0.25) is 6.04 Å². The Labute approximate surface area is 167 Å². The largest absolute Gasteiger partial charge is 0.472 e. The molecule has 0 saturated heterocycles. The first-order valence-corrected chi connectivity index (χ1v) is 11.4. The number of hydrogen-bond donors (Lipinski definition) is 1. The van der Waals surface area contributed by atoms with Gasteiger partial charge in [0, 0.05) is 25.2 Å². The Morgan fingerprint density at radius 2 is 1.86 bits per heavy atom. The summed E-state index contributed by atoms with van der Waals surface area (Å²) in [5, 5.41) is 5.88. The van der Waals surface area contributed by atoms with E-state index in [4.69, 9.17) is 10.1 Å². The zero-order chi connectivity index (χ0) is 20.9. The van der Waals surface area contributed by atoms with Crippen molar-refractivity contribution in [2.24, 2.45) is 5.40 Å². The first kappa shape index (κ1) is 21.9. The van der Waals surface area contributed by atoms with Crippen LogP contribution in [0.3, 0.4) is 0 Å². The van der Waals surface area contributed by atoms with Gasteiger partial charge in [-0.2, -0.15) is 0 Å². The Morgan fingerprint density at radius 3 is 2.50 bits per heavy atom. The smallest absolute Gasteiger partial charge is 0.410 e. The number of benzene rings is 1. The van der Waals surface area contributed by atoms with E-state index in [-0.39, 0.29) is 12.3 Å². The first-order chi connectivity index (χ1) is 13.1. The third-order valence-electron chi connectivity index (χ3n) is 4.36. The average Bonchev–Trinajstić information content (AvgIpc) is 2.83. The third-order valence-corrected chi connectivity index (χ3v) is 6.11. The molecule has 1 aromatic rings. The zero-order valence-corrected chi connectivity index (χ0v) is 18.1. The van der Waals surface area contributed by atoms with Crippen LogP contribution >= 0.6 is 0 Å². The molecule has 9 heteroatoms. The van der Waals surface area contributed by atoms with E-state index in [2.05, 4.69) is 4.74 Å². The molecule has 1 aliphatic heterocycles. The highest BCUT2D eigenvalue weighted by Crippen LogP contribution is 2.26. The van der Waals surface area contributed by atoms with Gasteiger partial charge in [0.15, 0.2) is 0 Å². The van der Waals surface area contributed by atoms with Gasteiger partial charge >= 0.3 is 6.09 Å². The Morgan fingerprint density at radius 1 is 1.18 bits per heavy atom. The highest BCUT2D eigenvalue weighted by atomic mass is 28.3. The molecule has 0 saturated carbocycles. The molecule has 1 heterocycles. The Balaban J connectivity index is 2.14. The van der Waals surface area contributed by atoms with Crippen LogP contribution < -0.4 is 10.3 Å². The van der Waals surface area contributed by atoms with Gasteiger partial charge in [0.05, 0.1) is 13.7 Å². The number of amides is 2. The van der Waals surface area contributed by atoms with Crippen LogP contribution in [0.25, 0.3) is 0 Å². The second kappa shape index (κ2) is 9.20. The molecule has 0 spiro atoms. The Hall–Kier alpha value is -2.39. The summed E-state index contributed by atoms with van der Waals surface area (Å²) in [6.45, 7) is 6.54. The molecule has 1 aromatic carbocycles. The van der Waals surface area contributed by atoms with E-state index in [1.807, 2.05) is 45.0 Å². The molecule has 2 amide bonds. The molecule has 1 aliphatic rings. The van der Waals surface area contributed by atoms with Crippen LogP contribution in [0.5, 0.6) is 0 Å². The summed E-state index contributed by atoms with van der Waals surface area (Å²) in [6.07, 6.45) is -0.236. The summed E-state index contributed by atoms with van der Waals surface area (Å²) in [7, 11) is -0.951. The monoisotopic (exact) mass is 407 g/mol. The van der Waals surface area contributed by atoms with E-state index in [0.29, 0.717) is 25.7 Å². The number of para-hydroxylation sites is 1. The van der Waals surface area contributed by atoms with Gasteiger partial charge in [-0.05, 0) is 38.4 Å². The number of ether oxygens (including phenoxy) is 2. The summed E-state index contributed by atoms with van der Waals surface area (Å²) < 4.78 is 10.1. The van der Waals surface area contributed by atoms with Crippen LogP contribution in [0, 0.1) is 0 Å². The van der Waals surface area contributed by atoms with E-state index in [0.717, 1.165) is 11.3 Å². The van der Waals surface area contributed by atoms with E-state index in [9.17, 15) is 14.4 Å². The van der Waals surface area contributed by atoms with Crippen molar-refractivity contribution in [3.05, 3.63) is 29.8 Å². The van der Waals surface area contributed by atoms with Crippen molar-refractivity contribution in [3.8, 4) is 0 Å². The molecular weight excluding hydrogens is 378 g/mol. The lowest BCUT2D eigenvalue weighted by molar-refractivity contribution is -0.118. The van der Waals surface area contributed by atoms with Crippen molar-refractivity contribution in [2.75, 3.05) is 25.1 Å². The highest BCUT2D eigenvalue weighted by molar-refractivity contribution is 6.86. The quantitative estimate of drug-likeness (QED) is 0.768. The number of nitrogens with zero attached hydrogens (tertiary/aromatic N) is 2. The molecule has 154 valence electrons. The standard InChI is InChI=1S/C19H29N3O5Si/c1-19(2,3)27-17(24)21-10-11-22(15-8-6-5-7-14(15)13-21)16(23)9-12-28(20)18(25)26-4/h5-8,28H,9-13,20H2,1-4H3/t28-/m0/s1. The van der Waals surface area contributed by atoms with Gasteiger partial charge in [0.2, 0.25) is 14.9 Å². The molecule has 0 unspecified atom stereocenters. The predicted molar refractivity (Wildman–Crippen MR) is 109 cm³/mol. The number of carbonyl (C=O) groups excluding carboxylic acids is 3. The highest BCUT2D eigenvalue weighted by Gasteiger charge is 2.29. The van der Waals surface area contributed by atoms with Gasteiger partial charge in [-0.25, -0.2) is 4.79 Å². The molecule has 0 fully saturated rings. The Bertz CT molecular complexity index is 735. The molecule has 1 atom stereocenters. The molecule has 8 nitrogen and oxygen atoms in total. The van der Waals surface area contributed by atoms with E-state index in [1.165, 1.54) is 7.11 Å². The fourth-order valence-corrected chi connectivity index (χ4v) is 4.05. The zero-order valence-electron chi connectivity index (χ0n) is 16.9. The second-order valence-corrected chi connectivity index (χ2v) is 10.0. The van der Waals surface area contributed by atoms with Crippen LogP contribution in [0.1, 0.15) is 32.8 Å². The van der Waals surface area contributed by atoms with Crippen molar-refractivity contribution in [1.29, 1.82) is 0 Å². The van der Waals surface area contributed by atoms with E-state index >= 15 is 0 Å². The molecular formula is C19H29N3O5Si. The number of rotatable bonds is 4. The van der Waals surface area contributed by atoms with Gasteiger partial charge in [-0.15, -0.1) is 0 Å². The minimum Gasteiger partial charge on any atom is -0.472 e. The van der Waals surface area contributed by atoms with E-state index in [1.54, 1.807) is 9.80 Å². The number of anilines is 1. The molecule has 2 rings (SSSR count). The topological polar surface area (TPSA) is 102 Å². The summed E-state index contributed by atoms with van der Waals surface area (Å²) in [6, 6.07) is 7.83. The van der Waals surface area contributed by atoms with Crippen LogP contribution in [-0.4, -0.2) is 57.3 Å². The lowest BCUT2D eigenvalue weighted by Crippen LogP contribution is -2.41. The number of hydrogen-bond acceptors (Lipinski definition) is 6. The molecule has 28 heavy (non-hydrogen) atoms. The van der Waals surface area contributed by atoms with Gasteiger partial charge in [0.25, 0.3) is 5.59 Å². The lowest BCUT2D eigenvalue weighted by atomic mass is 10.1. The minimum atomic E-state index is -2.25. The Kier molecular flexibility index (Phi) is 7.20. The molecule has 2 N–H and O–H groups in total. The average molecular weight is 408 g/mol. The van der Waals surface area contributed by atoms with Gasteiger partial charge in [0.1, 0.15) is 5.60 Å². The summed E-state index contributed by atoms with van der Waals surface area (Å²) in [5.74, 6) is -0.120. The fourth-order valence-electron chi connectivity index (χ4n) is 2.96.